The molecule has 0 atom stereocenters. The van der Waals surface area contributed by atoms with E-state index in [1.54, 1.807) is 11.9 Å². The van der Waals surface area contributed by atoms with Crippen LogP contribution in [0.25, 0.3) is 17.0 Å². The van der Waals surface area contributed by atoms with E-state index in [0.29, 0.717) is 27.4 Å². The second kappa shape index (κ2) is 8.06. The van der Waals surface area contributed by atoms with Crippen LogP contribution < -0.4 is 0 Å². The molecule has 1 saturated heterocycles. The van der Waals surface area contributed by atoms with E-state index in [4.69, 9.17) is 35.4 Å². The van der Waals surface area contributed by atoms with Gasteiger partial charge in [-0.05, 0) is 48.0 Å². The van der Waals surface area contributed by atoms with Gasteiger partial charge in [-0.25, -0.2) is 0 Å². The van der Waals surface area contributed by atoms with Crippen molar-refractivity contribution in [3.63, 3.8) is 0 Å². The molecule has 0 saturated carbocycles. The number of nitrogens with zero attached hydrogens (tertiary/aromatic N) is 3. The number of aryl methyl sites for hydroxylation is 1. The molecule has 1 fully saturated rings. The quantitative estimate of drug-likeness (QED) is 0.377. The van der Waals surface area contributed by atoms with Crippen LogP contribution in [0.1, 0.15) is 23.6 Å². The summed E-state index contributed by atoms with van der Waals surface area (Å²) in [4.78, 5) is 15.9. The van der Waals surface area contributed by atoms with Crippen molar-refractivity contribution in [2.24, 2.45) is 0 Å². The Bertz CT molecular complexity index is 1210. The van der Waals surface area contributed by atoms with Crippen molar-refractivity contribution in [1.29, 1.82) is 0 Å². The second-order valence-corrected chi connectivity index (χ2v) is 8.54. The molecule has 154 valence electrons. The highest BCUT2D eigenvalue weighted by Crippen LogP contribution is 2.31. The minimum absolute atomic E-state index is 0.0977. The van der Waals surface area contributed by atoms with Crippen molar-refractivity contribution < 1.29 is 4.79 Å². The highest BCUT2D eigenvalue weighted by atomic mass is 35.5. The second-order valence-electron chi connectivity index (χ2n) is 7.36. The Morgan fingerprint density at radius 2 is 1.83 bits per heavy atom. The number of aromatic nitrogens is 1. The van der Waals surface area contributed by atoms with Gasteiger partial charge in [-0.15, -0.1) is 0 Å². The number of rotatable bonds is 4. The number of fused-ring (bicyclic) bond motifs is 1. The van der Waals surface area contributed by atoms with Gasteiger partial charge < -0.3 is 9.47 Å². The molecule has 2 aromatic carbocycles. The summed E-state index contributed by atoms with van der Waals surface area (Å²) in [5.41, 5.74) is 5.01. The summed E-state index contributed by atoms with van der Waals surface area (Å²) in [6.07, 6.45) is 4.91. The van der Waals surface area contributed by atoms with Crippen LogP contribution in [0.5, 0.6) is 0 Å². The topological polar surface area (TPSA) is 28.5 Å². The van der Waals surface area contributed by atoms with Crippen molar-refractivity contribution in [2.45, 2.75) is 19.9 Å². The zero-order chi connectivity index (χ0) is 21.6. The summed E-state index contributed by atoms with van der Waals surface area (Å²) in [5, 5.41) is 2.68. The average Bonchev–Trinajstić information content (AvgIpc) is 3.17. The van der Waals surface area contributed by atoms with Gasteiger partial charge in [0.2, 0.25) is 0 Å². The van der Waals surface area contributed by atoms with Crippen LogP contribution in [-0.2, 0) is 17.8 Å². The van der Waals surface area contributed by atoms with E-state index in [0.717, 1.165) is 28.5 Å². The molecule has 1 amide bonds. The summed E-state index contributed by atoms with van der Waals surface area (Å²) < 4.78 is 2.21. The van der Waals surface area contributed by atoms with E-state index in [2.05, 4.69) is 35.9 Å². The maximum absolute atomic E-state index is 12.7. The zero-order valence-corrected chi connectivity index (χ0v) is 19.3. The number of amides is 1. The number of carbonyl (C=O) groups is 1. The maximum Gasteiger partial charge on any atom is 0.276 e. The van der Waals surface area contributed by atoms with E-state index < -0.39 is 0 Å². The number of hydrogen-bond donors (Lipinski definition) is 0. The number of benzene rings is 2. The summed E-state index contributed by atoms with van der Waals surface area (Å²) >= 11 is 17.6. The Hall–Kier alpha value is -2.34. The fourth-order valence-electron chi connectivity index (χ4n) is 3.86. The first-order valence-corrected chi connectivity index (χ1v) is 10.8. The molecule has 7 heteroatoms. The molecule has 1 aliphatic rings. The zero-order valence-electron chi connectivity index (χ0n) is 16.9. The molecule has 1 aromatic heterocycles. The van der Waals surface area contributed by atoms with Gasteiger partial charge in [0.05, 0.1) is 15.6 Å². The molecule has 0 unspecified atom stereocenters. The molecule has 1 aliphatic heterocycles. The van der Waals surface area contributed by atoms with Gasteiger partial charge in [0.25, 0.3) is 5.91 Å². The Morgan fingerprint density at radius 3 is 2.47 bits per heavy atom. The number of carbonyl (C=O) groups excluding carboxylic acids is 1. The molecule has 4 nitrogen and oxygen atoms in total. The first kappa shape index (κ1) is 20.9. The van der Waals surface area contributed by atoms with Gasteiger partial charge in [0.15, 0.2) is 5.11 Å². The molecule has 30 heavy (non-hydrogen) atoms. The van der Waals surface area contributed by atoms with Crippen molar-refractivity contribution >= 4 is 63.4 Å². The average molecular weight is 458 g/mol. The smallest absolute Gasteiger partial charge is 0.276 e. The Kier molecular flexibility index (Phi) is 5.62. The molecule has 0 radical (unpaired) electrons. The van der Waals surface area contributed by atoms with Gasteiger partial charge in [-0.1, -0.05) is 54.4 Å². The summed E-state index contributed by atoms with van der Waals surface area (Å²) in [6.45, 7) is 2.79. The van der Waals surface area contributed by atoms with Crippen LogP contribution >= 0.6 is 35.4 Å². The van der Waals surface area contributed by atoms with Crippen molar-refractivity contribution in [3.8, 4) is 0 Å². The van der Waals surface area contributed by atoms with E-state index in [1.807, 2.05) is 31.3 Å². The van der Waals surface area contributed by atoms with Gasteiger partial charge in [0, 0.05) is 37.8 Å². The molecule has 4 rings (SSSR count). The van der Waals surface area contributed by atoms with Gasteiger partial charge in [-0.3, -0.25) is 9.69 Å². The van der Waals surface area contributed by atoms with Gasteiger partial charge >= 0.3 is 0 Å². The van der Waals surface area contributed by atoms with Crippen LogP contribution in [0, 0.1) is 0 Å². The molecule has 2 heterocycles. The van der Waals surface area contributed by atoms with Crippen LogP contribution in [0.4, 0.5) is 0 Å². The minimum Gasteiger partial charge on any atom is -0.342 e. The summed E-state index contributed by atoms with van der Waals surface area (Å²) in [7, 11) is 3.52. The summed E-state index contributed by atoms with van der Waals surface area (Å²) in [6, 6.07) is 12.0. The van der Waals surface area contributed by atoms with E-state index >= 15 is 0 Å². The highest BCUT2D eigenvalue weighted by molar-refractivity contribution is 7.80. The molecule has 0 spiro atoms. The molecule has 3 aromatic rings. The van der Waals surface area contributed by atoms with E-state index in [1.165, 1.54) is 10.5 Å². The predicted octanol–water partition coefficient (Wildman–Crippen LogP) is 5.59. The van der Waals surface area contributed by atoms with E-state index in [9.17, 15) is 4.79 Å². The maximum atomic E-state index is 12.7. The van der Waals surface area contributed by atoms with Crippen LogP contribution in [0.15, 0.2) is 48.3 Å². The number of para-hydroxylation sites is 1. The molecular formula is C23H21Cl2N3OS. The van der Waals surface area contributed by atoms with Crippen LogP contribution in [-0.4, -0.2) is 39.5 Å². The van der Waals surface area contributed by atoms with Gasteiger partial charge in [-0.2, -0.15) is 0 Å². The predicted molar refractivity (Wildman–Crippen MR) is 128 cm³/mol. The van der Waals surface area contributed by atoms with Gasteiger partial charge in [0.1, 0.15) is 5.70 Å². The largest absolute Gasteiger partial charge is 0.342 e. The van der Waals surface area contributed by atoms with Crippen molar-refractivity contribution in [1.82, 2.24) is 14.4 Å². The number of likely N-dealkylation sites (N-methyl/N-ethyl adjacent to an activating group) is 2. The van der Waals surface area contributed by atoms with E-state index in [-0.39, 0.29) is 5.91 Å². The first-order chi connectivity index (χ1) is 14.3. The lowest BCUT2D eigenvalue weighted by Gasteiger charge is -2.10. The Labute approximate surface area is 191 Å². The molecular weight excluding hydrogens is 437 g/mol. The Morgan fingerprint density at radius 1 is 1.07 bits per heavy atom. The molecule has 0 bridgehead atoms. The lowest BCUT2D eigenvalue weighted by molar-refractivity contribution is -0.121. The normalized spacial score (nSPS) is 15.8. The monoisotopic (exact) mass is 457 g/mol. The first-order valence-electron chi connectivity index (χ1n) is 9.64. The number of halogens is 2. The third-order valence-corrected chi connectivity index (χ3v) is 6.77. The fraction of sp³-hybridized carbons (Fsp3) is 0.217. The van der Waals surface area contributed by atoms with Crippen molar-refractivity contribution in [3.05, 3.63) is 75.0 Å². The SMILES string of the molecule is CCc1cccc2c(/C=C3/C(=O)N(C)C(=S)N3C)cn(Cc3ccc(Cl)c(Cl)c3)c12. The van der Waals surface area contributed by atoms with Crippen LogP contribution in [0.3, 0.4) is 0 Å². The highest BCUT2D eigenvalue weighted by Gasteiger charge is 2.33. The molecule has 0 aliphatic carbocycles. The standard InChI is InChI=1S/C23H21Cl2N3OS/c1-4-15-6-5-7-17-16(11-20-22(29)27(3)23(30)26(20)2)13-28(21(15)17)12-14-8-9-18(24)19(25)10-14/h5-11,13H,4,12H2,1-3H3/b20-11-. The lowest BCUT2D eigenvalue weighted by atomic mass is 10.1. The fourth-order valence-corrected chi connectivity index (χ4v) is 4.36. The molecule has 0 N–H and O–H groups in total. The minimum atomic E-state index is -0.0977. The lowest BCUT2D eigenvalue weighted by Crippen LogP contribution is -2.26. The number of hydrogen-bond acceptors (Lipinski definition) is 2. The Balaban J connectivity index is 1.86. The third-order valence-electron chi connectivity index (χ3n) is 5.48. The van der Waals surface area contributed by atoms with Crippen molar-refractivity contribution in [2.75, 3.05) is 14.1 Å². The summed E-state index contributed by atoms with van der Waals surface area (Å²) in [5.74, 6) is -0.0977. The van der Waals surface area contributed by atoms with Crippen LogP contribution in [0.2, 0.25) is 10.0 Å². The number of thiocarbonyl (C=S) groups is 1. The third kappa shape index (κ3) is 3.51.